The minimum atomic E-state index is -0.417. The van der Waals surface area contributed by atoms with E-state index in [0.29, 0.717) is 16.6 Å². The van der Waals surface area contributed by atoms with E-state index < -0.39 is 4.92 Å². The average molecular weight is 343 g/mol. The number of nitro groups is 1. The summed E-state index contributed by atoms with van der Waals surface area (Å²) in [7, 11) is 1.38. The van der Waals surface area contributed by atoms with Gasteiger partial charge in [0.1, 0.15) is 5.69 Å². The van der Waals surface area contributed by atoms with Crippen LogP contribution in [0.5, 0.6) is 0 Å². The fourth-order valence-corrected chi connectivity index (χ4v) is 2.84. The molecule has 1 fully saturated rings. The molecule has 0 aliphatic heterocycles. The van der Waals surface area contributed by atoms with Crippen LogP contribution in [-0.2, 0) is 9.53 Å². The number of nitro benzene ring substituents is 1. The molecule has 1 saturated carbocycles. The highest BCUT2D eigenvalue weighted by Crippen LogP contribution is 2.33. The van der Waals surface area contributed by atoms with Gasteiger partial charge in [-0.1, -0.05) is 15.9 Å². The molecule has 6 nitrogen and oxygen atoms in total. The molecule has 0 amide bonds. The Morgan fingerprint density at radius 1 is 1.50 bits per heavy atom. The summed E-state index contributed by atoms with van der Waals surface area (Å²) in [4.78, 5) is 22.1. The van der Waals surface area contributed by atoms with E-state index in [4.69, 9.17) is 4.74 Å². The minimum Gasteiger partial charge on any atom is -0.469 e. The number of esters is 1. The van der Waals surface area contributed by atoms with Crippen LogP contribution in [0.1, 0.15) is 19.3 Å². The number of halogens is 1. The van der Waals surface area contributed by atoms with Gasteiger partial charge in [0.25, 0.3) is 5.69 Å². The SMILES string of the molecule is COC(=O)[C@H]1CC[C@@H](Nc2ccc(Br)cc2[N+](=O)[O-])C1. The second-order valence-electron chi connectivity index (χ2n) is 4.79. The van der Waals surface area contributed by atoms with E-state index >= 15 is 0 Å². The molecule has 2 rings (SSSR count). The fraction of sp³-hybridized carbons (Fsp3) is 0.462. The van der Waals surface area contributed by atoms with Crippen molar-refractivity contribution in [1.82, 2.24) is 0 Å². The molecule has 0 aromatic heterocycles. The number of carbonyl (C=O) groups is 1. The minimum absolute atomic E-state index is 0.0286. The van der Waals surface area contributed by atoms with Crippen molar-refractivity contribution in [3.05, 3.63) is 32.8 Å². The van der Waals surface area contributed by atoms with E-state index in [1.54, 1.807) is 12.1 Å². The van der Waals surface area contributed by atoms with Crippen molar-refractivity contribution in [2.75, 3.05) is 12.4 Å². The fourth-order valence-electron chi connectivity index (χ4n) is 2.49. The Hall–Kier alpha value is -1.63. The molecule has 1 aliphatic rings. The lowest BCUT2D eigenvalue weighted by molar-refractivity contribution is -0.384. The summed E-state index contributed by atoms with van der Waals surface area (Å²) in [6, 6.07) is 4.95. The van der Waals surface area contributed by atoms with Gasteiger partial charge in [-0.2, -0.15) is 0 Å². The standard InChI is InChI=1S/C13H15BrN2O4/c1-20-13(17)8-2-4-10(6-8)15-11-5-3-9(14)7-12(11)16(18)19/h3,5,7-8,10,15H,2,4,6H2,1H3/t8-,10+/m0/s1. The van der Waals surface area contributed by atoms with Crippen molar-refractivity contribution >= 4 is 33.3 Å². The maximum atomic E-state index is 11.5. The molecular formula is C13H15BrN2O4. The Morgan fingerprint density at radius 2 is 2.25 bits per heavy atom. The van der Waals surface area contributed by atoms with Crippen molar-refractivity contribution in [3.63, 3.8) is 0 Å². The van der Waals surface area contributed by atoms with E-state index in [2.05, 4.69) is 21.2 Å². The van der Waals surface area contributed by atoms with Crippen molar-refractivity contribution in [3.8, 4) is 0 Å². The lowest BCUT2D eigenvalue weighted by Crippen LogP contribution is -2.19. The Labute approximate surface area is 124 Å². The van der Waals surface area contributed by atoms with Gasteiger partial charge in [-0.3, -0.25) is 14.9 Å². The molecule has 1 aromatic carbocycles. The predicted octanol–water partition coefficient (Wildman–Crippen LogP) is 3.11. The number of anilines is 1. The first-order chi connectivity index (χ1) is 9.51. The molecule has 20 heavy (non-hydrogen) atoms. The number of ether oxygens (including phenoxy) is 1. The third-order valence-electron chi connectivity index (χ3n) is 3.48. The normalized spacial score (nSPS) is 21.5. The smallest absolute Gasteiger partial charge is 0.308 e. The lowest BCUT2D eigenvalue weighted by Gasteiger charge is -2.14. The molecule has 0 unspecified atom stereocenters. The maximum Gasteiger partial charge on any atom is 0.308 e. The molecule has 2 atom stereocenters. The zero-order chi connectivity index (χ0) is 14.7. The van der Waals surface area contributed by atoms with Gasteiger partial charge in [-0.05, 0) is 31.4 Å². The van der Waals surface area contributed by atoms with Crippen LogP contribution in [0.3, 0.4) is 0 Å². The second kappa shape index (κ2) is 6.21. The van der Waals surface area contributed by atoms with Crippen LogP contribution >= 0.6 is 15.9 Å². The van der Waals surface area contributed by atoms with Crippen LogP contribution in [0, 0.1) is 16.0 Å². The average Bonchev–Trinajstić information content (AvgIpc) is 2.88. The van der Waals surface area contributed by atoms with Crippen molar-refractivity contribution in [1.29, 1.82) is 0 Å². The number of carbonyl (C=O) groups excluding carboxylic acids is 1. The summed E-state index contributed by atoms with van der Waals surface area (Å²) in [6.07, 6.45) is 2.18. The first-order valence-corrected chi connectivity index (χ1v) is 7.09. The number of hydrogen-bond acceptors (Lipinski definition) is 5. The number of benzene rings is 1. The van der Waals surface area contributed by atoms with Gasteiger partial charge in [0.05, 0.1) is 18.0 Å². The molecular weight excluding hydrogens is 328 g/mol. The van der Waals surface area contributed by atoms with Gasteiger partial charge >= 0.3 is 5.97 Å². The highest BCUT2D eigenvalue weighted by atomic mass is 79.9. The van der Waals surface area contributed by atoms with Crippen LogP contribution in [0.4, 0.5) is 11.4 Å². The Kier molecular flexibility index (Phi) is 4.59. The summed E-state index contributed by atoms with van der Waals surface area (Å²) in [5, 5.41) is 14.2. The Bertz CT molecular complexity index is 535. The largest absolute Gasteiger partial charge is 0.469 e. The van der Waals surface area contributed by atoms with E-state index in [9.17, 15) is 14.9 Å². The predicted molar refractivity (Wildman–Crippen MR) is 77.6 cm³/mol. The molecule has 0 bridgehead atoms. The van der Waals surface area contributed by atoms with E-state index in [-0.39, 0.29) is 23.6 Å². The highest BCUT2D eigenvalue weighted by molar-refractivity contribution is 9.10. The molecule has 108 valence electrons. The van der Waals surface area contributed by atoms with Crippen LogP contribution in [0.25, 0.3) is 0 Å². The second-order valence-corrected chi connectivity index (χ2v) is 5.71. The van der Waals surface area contributed by atoms with Crippen LogP contribution < -0.4 is 5.32 Å². The number of nitrogens with zero attached hydrogens (tertiary/aromatic N) is 1. The summed E-state index contributed by atoms with van der Waals surface area (Å²) in [5.41, 5.74) is 0.509. The molecule has 1 aromatic rings. The molecule has 0 saturated heterocycles. The van der Waals surface area contributed by atoms with Gasteiger partial charge in [-0.15, -0.1) is 0 Å². The molecule has 0 spiro atoms. The molecule has 1 aliphatic carbocycles. The van der Waals surface area contributed by atoms with Gasteiger partial charge in [0.2, 0.25) is 0 Å². The molecule has 0 heterocycles. The number of methoxy groups -OCH3 is 1. The van der Waals surface area contributed by atoms with Crippen molar-refractivity contribution < 1.29 is 14.5 Å². The molecule has 1 N–H and O–H groups in total. The van der Waals surface area contributed by atoms with Gasteiger partial charge < -0.3 is 10.1 Å². The first-order valence-electron chi connectivity index (χ1n) is 6.29. The summed E-state index contributed by atoms with van der Waals surface area (Å²) in [5.74, 6) is -0.327. The van der Waals surface area contributed by atoms with Crippen LogP contribution in [0.2, 0.25) is 0 Å². The summed E-state index contributed by atoms with van der Waals surface area (Å²) in [6.45, 7) is 0. The summed E-state index contributed by atoms with van der Waals surface area (Å²) >= 11 is 3.22. The number of rotatable bonds is 4. The van der Waals surface area contributed by atoms with Gasteiger partial charge in [0, 0.05) is 16.6 Å². The third-order valence-corrected chi connectivity index (χ3v) is 3.98. The van der Waals surface area contributed by atoms with Crippen molar-refractivity contribution in [2.45, 2.75) is 25.3 Å². The van der Waals surface area contributed by atoms with E-state index in [0.717, 1.165) is 12.8 Å². The number of nitrogens with one attached hydrogen (secondary N) is 1. The molecule has 0 radical (unpaired) electrons. The monoisotopic (exact) mass is 342 g/mol. The Balaban J connectivity index is 2.08. The maximum absolute atomic E-state index is 11.5. The van der Waals surface area contributed by atoms with Crippen LogP contribution in [-0.4, -0.2) is 24.0 Å². The summed E-state index contributed by atoms with van der Waals surface area (Å²) < 4.78 is 5.39. The quantitative estimate of drug-likeness (QED) is 0.516. The lowest BCUT2D eigenvalue weighted by atomic mass is 10.1. The zero-order valence-corrected chi connectivity index (χ0v) is 12.6. The first kappa shape index (κ1) is 14.8. The molecule has 7 heteroatoms. The van der Waals surface area contributed by atoms with Gasteiger partial charge in [-0.25, -0.2) is 0 Å². The van der Waals surface area contributed by atoms with Crippen LogP contribution in [0.15, 0.2) is 22.7 Å². The topological polar surface area (TPSA) is 81.5 Å². The Morgan fingerprint density at radius 3 is 2.90 bits per heavy atom. The highest BCUT2D eigenvalue weighted by Gasteiger charge is 2.31. The van der Waals surface area contributed by atoms with Crippen molar-refractivity contribution in [2.24, 2.45) is 5.92 Å². The van der Waals surface area contributed by atoms with E-state index in [1.807, 2.05) is 0 Å². The number of hydrogen-bond donors (Lipinski definition) is 1. The van der Waals surface area contributed by atoms with E-state index in [1.165, 1.54) is 13.2 Å². The third kappa shape index (κ3) is 3.27. The zero-order valence-electron chi connectivity index (χ0n) is 11.0. The van der Waals surface area contributed by atoms with Gasteiger partial charge in [0.15, 0.2) is 0 Å².